The largest absolute Gasteiger partial charge is 0.497 e. The van der Waals surface area contributed by atoms with E-state index < -0.39 is 12.6 Å². The first kappa shape index (κ1) is 20.1. The van der Waals surface area contributed by atoms with Gasteiger partial charge < -0.3 is 23.7 Å². The lowest BCUT2D eigenvalue weighted by Crippen LogP contribution is -2.06. The molecule has 1 aliphatic rings. The molecule has 0 saturated carbocycles. The molecular formula is C20H17F2NO6. The zero-order valence-electron chi connectivity index (χ0n) is 15.8. The van der Waals surface area contributed by atoms with E-state index in [4.69, 9.17) is 18.9 Å². The van der Waals surface area contributed by atoms with Gasteiger partial charge in [-0.1, -0.05) is 6.07 Å². The first-order chi connectivity index (χ1) is 13.9. The minimum absolute atomic E-state index is 0.0138. The third-order valence-corrected chi connectivity index (χ3v) is 3.93. The van der Waals surface area contributed by atoms with Crippen molar-refractivity contribution in [3.05, 3.63) is 53.2 Å². The smallest absolute Gasteiger partial charge is 0.387 e. The summed E-state index contributed by atoms with van der Waals surface area (Å²) in [5, 5.41) is 0. The molecule has 0 fully saturated rings. The minimum atomic E-state index is -3.05. The van der Waals surface area contributed by atoms with E-state index in [0.29, 0.717) is 16.9 Å². The van der Waals surface area contributed by atoms with Crippen LogP contribution >= 0.6 is 0 Å². The molecule has 0 unspecified atom stereocenters. The molecule has 0 N–H and O–H groups in total. The number of ether oxygens (including phenoxy) is 5. The second-order valence-corrected chi connectivity index (χ2v) is 5.70. The van der Waals surface area contributed by atoms with Gasteiger partial charge in [-0.3, -0.25) is 0 Å². The topological polar surface area (TPSA) is 75.6 Å². The van der Waals surface area contributed by atoms with Crippen molar-refractivity contribution in [2.24, 2.45) is 4.99 Å². The van der Waals surface area contributed by atoms with Gasteiger partial charge in [-0.15, -0.1) is 0 Å². The van der Waals surface area contributed by atoms with E-state index in [-0.39, 0.29) is 28.8 Å². The van der Waals surface area contributed by atoms with E-state index >= 15 is 0 Å². The molecule has 7 nitrogen and oxygen atoms in total. The molecule has 0 aromatic heterocycles. The SMILES string of the molecule is COc1cccc(C2=NC(=Cc3cc(OC)c(OC(F)F)c(OC)c3)C(=O)O2)c1. The molecule has 1 heterocycles. The van der Waals surface area contributed by atoms with Crippen LogP contribution in [0.2, 0.25) is 0 Å². The van der Waals surface area contributed by atoms with Crippen LogP contribution in [-0.2, 0) is 9.53 Å². The van der Waals surface area contributed by atoms with Gasteiger partial charge in [0.15, 0.2) is 17.2 Å². The van der Waals surface area contributed by atoms with Crippen molar-refractivity contribution >= 4 is 17.9 Å². The number of nitrogens with zero attached hydrogens (tertiary/aromatic N) is 1. The Labute approximate surface area is 165 Å². The Balaban J connectivity index is 1.98. The zero-order valence-corrected chi connectivity index (χ0v) is 15.8. The molecule has 0 bridgehead atoms. The summed E-state index contributed by atoms with van der Waals surface area (Å²) in [5.41, 5.74) is 1.01. The maximum atomic E-state index is 12.7. The number of benzene rings is 2. The summed E-state index contributed by atoms with van der Waals surface area (Å²) in [5.74, 6) is -0.172. The number of carbonyl (C=O) groups excluding carboxylic acids is 1. The highest BCUT2D eigenvalue weighted by Gasteiger charge is 2.25. The van der Waals surface area contributed by atoms with E-state index in [9.17, 15) is 13.6 Å². The lowest BCUT2D eigenvalue weighted by molar-refractivity contribution is -0.129. The lowest BCUT2D eigenvalue weighted by atomic mass is 10.1. The van der Waals surface area contributed by atoms with Crippen LogP contribution in [0.25, 0.3) is 6.08 Å². The summed E-state index contributed by atoms with van der Waals surface area (Å²) < 4.78 is 50.4. The number of hydrogen-bond acceptors (Lipinski definition) is 7. The zero-order chi connectivity index (χ0) is 21.0. The van der Waals surface area contributed by atoms with Crippen LogP contribution in [0.1, 0.15) is 11.1 Å². The van der Waals surface area contributed by atoms with Crippen LogP contribution in [0.15, 0.2) is 47.1 Å². The Morgan fingerprint density at radius 2 is 1.72 bits per heavy atom. The maximum Gasteiger partial charge on any atom is 0.387 e. The van der Waals surface area contributed by atoms with Gasteiger partial charge in [0, 0.05) is 5.56 Å². The molecule has 2 aromatic carbocycles. The fourth-order valence-corrected chi connectivity index (χ4v) is 2.64. The number of carbonyl (C=O) groups is 1. The molecule has 29 heavy (non-hydrogen) atoms. The average molecular weight is 405 g/mol. The predicted molar refractivity (Wildman–Crippen MR) is 99.8 cm³/mol. The highest BCUT2D eigenvalue weighted by molar-refractivity contribution is 6.13. The predicted octanol–water partition coefficient (Wildman–Crippen LogP) is 3.66. The van der Waals surface area contributed by atoms with Gasteiger partial charge in [-0.05, 0) is 42.0 Å². The van der Waals surface area contributed by atoms with E-state index in [2.05, 4.69) is 9.73 Å². The third kappa shape index (κ3) is 4.45. The molecule has 0 atom stereocenters. The van der Waals surface area contributed by atoms with Gasteiger partial charge in [0.2, 0.25) is 11.6 Å². The van der Waals surface area contributed by atoms with Crippen LogP contribution in [0.3, 0.4) is 0 Å². The van der Waals surface area contributed by atoms with Gasteiger partial charge in [0.05, 0.1) is 21.3 Å². The minimum Gasteiger partial charge on any atom is -0.497 e. The maximum absolute atomic E-state index is 12.7. The number of cyclic esters (lactones) is 1. The molecule has 0 aliphatic carbocycles. The molecule has 1 aliphatic heterocycles. The fraction of sp³-hybridized carbons (Fsp3) is 0.200. The van der Waals surface area contributed by atoms with Gasteiger partial charge in [0.1, 0.15) is 5.75 Å². The monoisotopic (exact) mass is 405 g/mol. The van der Waals surface area contributed by atoms with Crippen molar-refractivity contribution in [1.29, 1.82) is 0 Å². The van der Waals surface area contributed by atoms with Crippen LogP contribution in [0.4, 0.5) is 8.78 Å². The normalized spacial score (nSPS) is 14.6. The summed E-state index contributed by atoms with van der Waals surface area (Å²) in [6.07, 6.45) is 1.42. The molecule has 0 spiro atoms. The van der Waals surface area contributed by atoms with Crippen molar-refractivity contribution in [2.45, 2.75) is 6.61 Å². The molecule has 0 amide bonds. The van der Waals surface area contributed by atoms with Gasteiger partial charge in [0.25, 0.3) is 0 Å². The van der Waals surface area contributed by atoms with Crippen molar-refractivity contribution in [2.75, 3.05) is 21.3 Å². The van der Waals surface area contributed by atoms with Crippen LogP contribution in [0, 0.1) is 0 Å². The molecule has 0 radical (unpaired) electrons. The molecule has 0 saturated heterocycles. The highest BCUT2D eigenvalue weighted by atomic mass is 19.3. The number of halogens is 2. The number of rotatable bonds is 7. The molecule has 152 valence electrons. The summed E-state index contributed by atoms with van der Waals surface area (Å²) in [6.45, 7) is -3.05. The molecular weight excluding hydrogens is 388 g/mol. The number of esters is 1. The number of aliphatic imine (C=N–C) groups is 1. The Bertz CT molecular complexity index is 962. The number of alkyl halides is 2. The number of hydrogen-bond donors (Lipinski definition) is 0. The van der Waals surface area contributed by atoms with Gasteiger partial charge in [-0.2, -0.15) is 8.78 Å². The van der Waals surface area contributed by atoms with Gasteiger partial charge >= 0.3 is 12.6 Å². The Hall–Kier alpha value is -3.62. The summed E-state index contributed by atoms with van der Waals surface area (Å²) in [4.78, 5) is 16.4. The van der Waals surface area contributed by atoms with E-state index in [1.807, 2.05) is 0 Å². The first-order valence-electron chi connectivity index (χ1n) is 8.33. The molecule has 2 aromatic rings. The number of methoxy groups -OCH3 is 3. The Kier molecular flexibility index (Phi) is 5.96. The van der Waals surface area contributed by atoms with Crippen molar-refractivity contribution < 1.29 is 37.3 Å². The average Bonchev–Trinajstić information content (AvgIpc) is 3.08. The second-order valence-electron chi connectivity index (χ2n) is 5.70. The first-order valence-corrected chi connectivity index (χ1v) is 8.33. The third-order valence-electron chi connectivity index (χ3n) is 3.93. The van der Waals surface area contributed by atoms with E-state index in [0.717, 1.165) is 0 Å². The van der Waals surface area contributed by atoms with Gasteiger partial charge in [-0.25, -0.2) is 9.79 Å². The van der Waals surface area contributed by atoms with Crippen LogP contribution in [0.5, 0.6) is 23.0 Å². The van der Waals surface area contributed by atoms with Crippen molar-refractivity contribution in [3.63, 3.8) is 0 Å². The quantitative estimate of drug-likeness (QED) is 0.517. The van der Waals surface area contributed by atoms with Crippen LogP contribution in [-0.4, -0.2) is 39.8 Å². The Morgan fingerprint density at radius 1 is 1.03 bits per heavy atom. The lowest BCUT2D eigenvalue weighted by Gasteiger charge is -2.14. The summed E-state index contributed by atoms with van der Waals surface area (Å²) in [6, 6.07) is 9.72. The summed E-state index contributed by atoms with van der Waals surface area (Å²) >= 11 is 0. The van der Waals surface area contributed by atoms with E-state index in [1.165, 1.54) is 39.5 Å². The molecule has 9 heteroatoms. The van der Waals surface area contributed by atoms with Crippen molar-refractivity contribution in [3.8, 4) is 23.0 Å². The van der Waals surface area contributed by atoms with Crippen molar-refractivity contribution in [1.82, 2.24) is 0 Å². The fourth-order valence-electron chi connectivity index (χ4n) is 2.64. The highest BCUT2D eigenvalue weighted by Crippen LogP contribution is 2.40. The van der Waals surface area contributed by atoms with Crippen LogP contribution < -0.4 is 18.9 Å². The summed E-state index contributed by atoms with van der Waals surface area (Å²) in [7, 11) is 4.12. The standard InChI is InChI=1S/C20H17F2NO6/c1-25-13-6-4-5-12(10-13)18-23-14(19(24)29-18)7-11-8-15(26-2)17(28-20(21)22)16(9-11)27-3/h4-10,20H,1-3H3. The molecule has 3 rings (SSSR count). The van der Waals surface area contributed by atoms with E-state index in [1.54, 1.807) is 24.3 Å². The second kappa shape index (κ2) is 8.59. The Morgan fingerprint density at radius 3 is 2.31 bits per heavy atom.